The van der Waals surface area contributed by atoms with Crippen LogP contribution in [0.1, 0.15) is 5.56 Å². The van der Waals surface area contributed by atoms with Gasteiger partial charge in [-0.05, 0) is 40.7 Å². The molecule has 0 aromatic heterocycles. The fraction of sp³-hybridized carbons (Fsp3) is 0.300. The van der Waals surface area contributed by atoms with Crippen LogP contribution in [-0.4, -0.2) is 19.5 Å². The first-order valence-corrected chi connectivity index (χ1v) is 5.28. The number of nitrogens with one attached hydrogen (secondary N) is 2. The third kappa shape index (κ3) is 3.97. The normalized spacial score (nSPS) is 10.1. The van der Waals surface area contributed by atoms with Gasteiger partial charge in [0, 0.05) is 6.54 Å². The van der Waals surface area contributed by atoms with E-state index in [1.54, 1.807) is 19.2 Å². The molecular weight excluding hydrogens is 263 g/mol. The first kappa shape index (κ1) is 12.1. The Morgan fingerprint density at radius 2 is 2.27 bits per heavy atom. The molecule has 82 valence electrons. The van der Waals surface area contributed by atoms with E-state index in [1.165, 1.54) is 6.07 Å². The number of halogens is 2. The van der Waals surface area contributed by atoms with Crippen LogP contribution in [0.3, 0.4) is 0 Å². The number of carbonyl (C=O) groups is 1. The second-order valence-electron chi connectivity index (χ2n) is 3.06. The highest BCUT2D eigenvalue weighted by molar-refractivity contribution is 9.10. The zero-order chi connectivity index (χ0) is 11.3. The largest absolute Gasteiger partial charge is 0.351 e. The van der Waals surface area contributed by atoms with Crippen LogP contribution in [0.4, 0.5) is 4.39 Å². The molecule has 0 bridgehead atoms. The molecule has 0 radical (unpaired) electrons. The SMILES string of the molecule is CNCC(=O)NCc1ccc(Br)c(F)c1. The third-order valence-corrected chi connectivity index (χ3v) is 2.45. The zero-order valence-electron chi connectivity index (χ0n) is 8.31. The lowest BCUT2D eigenvalue weighted by atomic mass is 10.2. The van der Waals surface area contributed by atoms with E-state index in [0.29, 0.717) is 11.0 Å². The lowest BCUT2D eigenvalue weighted by Crippen LogP contribution is -2.31. The first-order valence-electron chi connectivity index (χ1n) is 4.48. The molecule has 1 aromatic rings. The molecule has 0 fully saturated rings. The van der Waals surface area contributed by atoms with Crippen LogP contribution in [0.5, 0.6) is 0 Å². The summed E-state index contributed by atoms with van der Waals surface area (Å²) in [6.45, 7) is 0.601. The van der Waals surface area contributed by atoms with E-state index in [-0.39, 0.29) is 18.3 Å². The van der Waals surface area contributed by atoms with Crippen molar-refractivity contribution in [2.75, 3.05) is 13.6 Å². The Labute approximate surface area is 96.2 Å². The average Bonchev–Trinajstić information content (AvgIpc) is 2.20. The minimum Gasteiger partial charge on any atom is -0.351 e. The van der Waals surface area contributed by atoms with Crippen LogP contribution in [-0.2, 0) is 11.3 Å². The van der Waals surface area contributed by atoms with Gasteiger partial charge in [0.25, 0.3) is 0 Å². The van der Waals surface area contributed by atoms with Crippen molar-refractivity contribution in [2.24, 2.45) is 0 Å². The predicted octanol–water partition coefficient (Wildman–Crippen LogP) is 1.42. The van der Waals surface area contributed by atoms with Gasteiger partial charge in [0.05, 0.1) is 11.0 Å². The lowest BCUT2D eigenvalue weighted by Gasteiger charge is -2.05. The van der Waals surface area contributed by atoms with E-state index in [1.807, 2.05) is 0 Å². The maximum Gasteiger partial charge on any atom is 0.234 e. The molecular formula is C10H12BrFN2O. The van der Waals surface area contributed by atoms with Gasteiger partial charge in [0.15, 0.2) is 0 Å². The van der Waals surface area contributed by atoms with E-state index >= 15 is 0 Å². The molecule has 0 aliphatic rings. The summed E-state index contributed by atoms with van der Waals surface area (Å²) in [4.78, 5) is 11.1. The molecule has 3 nitrogen and oxygen atoms in total. The summed E-state index contributed by atoms with van der Waals surface area (Å²) in [5.74, 6) is -0.434. The van der Waals surface area contributed by atoms with Gasteiger partial charge in [-0.15, -0.1) is 0 Å². The number of benzene rings is 1. The molecule has 0 heterocycles. The molecule has 5 heteroatoms. The van der Waals surface area contributed by atoms with Gasteiger partial charge >= 0.3 is 0 Å². The molecule has 0 atom stereocenters. The molecule has 1 aromatic carbocycles. The van der Waals surface area contributed by atoms with Gasteiger partial charge in [-0.25, -0.2) is 4.39 Å². The smallest absolute Gasteiger partial charge is 0.234 e. The van der Waals surface area contributed by atoms with Gasteiger partial charge in [0.1, 0.15) is 5.82 Å². The van der Waals surface area contributed by atoms with E-state index in [9.17, 15) is 9.18 Å². The molecule has 15 heavy (non-hydrogen) atoms. The van der Waals surface area contributed by atoms with Crippen LogP contribution >= 0.6 is 15.9 Å². The maximum atomic E-state index is 13.1. The Balaban J connectivity index is 2.51. The molecule has 0 aliphatic carbocycles. The molecule has 2 N–H and O–H groups in total. The van der Waals surface area contributed by atoms with Gasteiger partial charge in [0.2, 0.25) is 5.91 Å². The summed E-state index contributed by atoms with van der Waals surface area (Å²) in [6, 6.07) is 4.77. The molecule has 1 amide bonds. The quantitative estimate of drug-likeness (QED) is 0.872. The van der Waals surface area contributed by atoms with E-state index in [2.05, 4.69) is 26.6 Å². The summed E-state index contributed by atoms with van der Waals surface area (Å²) < 4.78 is 13.5. The number of hydrogen-bond acceptors (Lipinski definition) is 2. The second-order valence-corrected chi connectivity index (χ2v) is 3.91. The first-order chi connectivity index (χ1) is 7.13. The monoisotopic (exact) mass is 274 g/mol. The molecule has 0 aliphatic heterocycles. The standard InChI is InChI=1S/C10H12BrFN2O/c1-13-6-10(15)14-5-7-2-3-8(11)9(12)4-7/h2-4,13H,5-6H2,1H3,(H,14,15). The van der Waals surface area contributed by atoms with E-state index < -0.39 is 0 Å². The van der Waals surface area contributed by atoms with Crippen LogP contribution < -0.4 is 10.6 Å². The Morgan fingerprint density at radius 3 is 2.87 bits per heavy atom. The molecule has 0 unspecified atom stereocenters. The zero-order valence-corrected chi connectivity index (χ0v) is 9.90. The molecule has 0 saturated heterocycles. The lowest BCUT2D eigenvalue weighted by molar-refractivity contribution is -0.120. The van der Waals surface area contributed by atoms with Gasteiger partial charge in [-0.3, -0.25) is 4.79 Å². The van der Waals surface area contributed by atoms with Crippen molar-refractivity contribution < 1.29 is 9.18 Å². The Kier molecular flexibility index (Phi) is 4.71. The van der Waals surface area contributed by atoms with Crippen molar-refractivity contribution in [1.82, 2.24) is 10.6 Å². The summed E-state index contributed by atoms with van der Waals surface area (Å²) in [7, 11) is 1.69. The number of rotatable bonds is 4. The Hall–Kier alpha value is -0.940. The van der Waals surface area contributed by atoms with Crippen molar-refractivity contribution in [3.05, 3.63) is 34.1 Å². The van der Waals surface area contributed by atoms with Gasteiger partial charge in [-0.2, -0.15) is 0 Å². The fourth-order valence-corrected chi connectivity index (χ4v) is 1.32. The highest BCUT2D eigenvalue weighted by Gasteiger charge is 2.02. The number of carbonyl (C=O) groups excluding carboxylic acids is 1. The van der Waals surface area contributed by atoms with Gasteiger partial charge in [-0.1, -0.05) is 6.07 Å². The number of likely N-dealkylation sites (N-methyl/N-ethyl adjacent to an activating group) is 1. The van der Waals surface area contributed by atoms with Crippen LogP contribution in [0, 0.1) is 5.82 Å². The number of amides is 1. The summed E-state index contributed by atoms with van der Waals surface area (Å²) in [5, 5.41) is 5.39. The maximum absolute atomic E-state index is 13.1. The molecule has 0 saturated carbocycles. The molecule has 0 spiro atoms. The van der Waals surface area contributed by atoms with Gasteiger partial charge < -0.3 is 10.6 Å². The predicted molar refractivity (Wildman–Crippen MR) is 59.9 cm³/mol. The van der Waals surface area contributed by atoms with Crippen LogP contribution in [0.2, 0.25) is 0 Å². The highest BCUT2D eigenvalue weighted by atomic mass is 79.9. The summed E-state index contributed by atoms with van der Waals surface area (Å²) in [6.07, 6.45) is 0. The van der Waals surface area contributed by atoms with E-state index in [0.717, 1.165) is 5.56 Å². The van der Waals surface area contributed by atoms with Crippen LogP contribution in [0.15, 0.2) is 22.7 Å². The van der Waals surface area contributed by atoms with Crippen molar-refractivity contribution in [3.8, 4) is 0 Å². The second kappa shape index (κ2) is 5.82. The fourth-order valence-electron chi connectivity index (χ4n) is 1.07. The molecule has 1 rings (SSSR count). The summed E-state index contributed by atoms with van der Waals surface area (Å²) >= 11 is 3.06. The Morgan fingerprint density at radius 1 is 1.53 bits per heavy atom. The van der Waals surface area contributed by atoms with E-state index in [4.69, 9.17) is 0 Å². The Bertz CT molecular complexity index is 357. The average molecular weight is 275 g/mol. The van der Waals surface area contributed by atoms with Crippen molar-refractivity contribution in [2.45, 2.75) is 6.54 Å². The third-order valence-electron chi connectivity index (χ3n) is 1.81. The van der Waals surface area contributed by atoms with Crippen molar-refractivity contribution >= 4 is 21.8 Å². The minimum absolute atomic E-state index is 0.110. The summed E-state index contributed by atoms with van der Waals surface area (Å²) in [5.41, 5.74) is 0.736. The highest BCUT2D eigenvalue weighted by Crippen LogP contribution is 2.16. The topological polar surface area (TPSA) is 41.1 Å². The minimum atomic E-state index is -0.324. The van der Waals surface area contributed by atoms with Crippen molar-refractivity contribution in [1.29, 1.82) is 0 Å². The van der Waals surface area contributed by atoms with Crippen LogP contribution in [0.25, 0.3) is 0 Å². The van der Waals surface area contributed by atoms with Crippen molar-refractivity contribution in [3.63, 3.8) is 0 Å². The number of hydrogen-bond donors (Lipinski definition) is 2.